The van der Waals surface area contributed by atoms with E-state index in [0.717, 1.165) is 18.2 Å². The molecule has 0 radical (unpaired) electrons. The van der Waals surface area contributed by atoms with Gasteiger partial charge < -0.3 is 10.4 Å². The van der Waals surface area contributed by atoms with Crippen LogP contribution in [0.15, 0.2) is 36.4 Å². The number of hydrogen-bond acceptors (Lipinski definition) is 6. The number of benzene rings is 2. The van der Waals surface area contributed by atoms with Crippen molar-refractivity contribution in [3.63, 3.8) is 0 Å². The van der Waals surface area contributed by atoms with Crippen molar-refractivity contribution >= 4 is 28.7 Å². The second kappa shape index (κ2) is 7.20. The largest absolute Gasteiger partial charge is 0.387 e. The summed E-state index contributed by atoms with van der Waals surface area (Å²) in [4.78, 5) is 20.2. The minimum Gasteiger partial charge on any atom is -0.387 e. The van der Waals surface area contributed by atoms with Crippen LogP contribution in [0.25, 0.3) is 0 Å². The Hall–Kier alpha value is -2.78. The van der Waals surface area contributed by atoms with Gasteiger partial charge in [-0.3, -0.25) is 20.2 Å². The van der Waals surface area contributed by atoms with E-state index in [-0.39, 0.29) is 22.8 Å². The lowest BCUT2D eigenvalue weighted by atomic mass is 10.1. The van der Waals surface area contributed by atoms with Crippen LogP contribution in [0.3, 0.4) is 0 Å². The van der Waals surface area contributed by atoms with Gasteiger partial charge in [-0.05, 0) is 23.8 Å². The molecule has 0 aliphatic carbocycles. The molecule has 0 aromatic heterocycles. The molecule has 0 aliphatic rings. The molecule has 0 aliphatic heterocycles. The zero-order valence-corrected chi connectivity index (χ0v) is 12.7. The number of nitrogens with zero attached hydrogens (tertiary/aromatic N) is 2. The molecule has 0 saturated heterocycles. The van der Waals surface area contributed by atoms with Crippen LogP contribution >= 0.6 is 11.6 Å². The molecule has 126 valence electrons. The predicted octanol–water partition coefficient (Wildman–Crippen LogP) is 3.44. The van der Waals surface area contributed by atoms with Crippen molar-refractivity contribution in [1.82, 2.24) is 0 Å². The Labute approximate surface area is 139 Å². The minimum atomic E-state index is -1.16. The lowest BCUT2D eigenvalue weighted by molar-refractivity contribution is -0.393. The van der Waals surface area contributed by atoms with E-state index in [1.807, 2.05) is 0 Å². The zero-order valence-electron chi connectivity index (χ0n) is 12.0. The summed E-state index contributed by atoms with van der Waals surface area (Å²) in [5.41, 5.74) is -0.695. The fourth-order valence-electron chi connectivity index (χ4n) is 1.98. The van der Waals surface area contributed by atoms with Crippen molar-refractivity contribution in [3.05, 3.63) is 73.0 Å². The van der Waals surface area contributed by atoms with Crippen LogP contribution < -0.4 is 5.32 Å². The number of rotatable bonds is 6. The molecule has 0 heterocycles. The number of hydrogen-bond donors (Lipinski definition) is 2. The van der Waals surface area contributed by atoms with Crippen molar-refractivity contribution in [2.45, 2.75) is 6.10 Å². The lowest BCUT2D eigenvalue weighted by Gasteiger charge is -2.13. The highest BCUT2D eigenvalue weighted by molar-refractivity contribution is 6.30. The Balaban J connectivity index is 2.17. The van der Waals surface area contributed by atoms with E-state index in [4.69, 9.17) is 11.6 Å². The van der Waals surface area contributed by atoms with Crippen molar-refractivity contribution in [2.75, 3.05) is 11.9 Å². The third-order valence-corrected chi connectivity index (χ3v) is 3.51. The first kappa shape index (κ1) is 17.6. The summed E-state index contributed by atoms with van der Waals surface area (Å²) in [6.45, 7) is -0.167. The summed E-state index contributed by atoms with van der Waals surface area (Å²) in [5.74, 6) is -0.700. The van der Waals surface area contributed by atoms with Crippen molar-refractivity contribution in [3.8, 4) is 0 Å². The topological polar surface area (TPSA) is 119 Å². The molecule has 8 nitrogen and oxygen atoms in total. The van der Waals surface area contributed by atoms with Crippen LogP contribution in [0.4, 0.5) is 21.5 Å². The summed E-state index contributed by atoms with van der Waals surface area (Å²) in [6, 6.07) is 6.84. The quantitative estimate of drug-likeness (QED) is 0.605. The second-order valence-electron chi connectivity index (χ2n) is 4.79. The van der Waals surface area contributed by atoms with Crippen molar-refractivity contribution < 1.29 is 19.3 Å². The Bertz CT molecular complexity index is 802. The van der Waals surface area contributed by atoms with Crippen LogP contribution in [-0.2, 0) is 0 Å². The van der Waals surface area contributed by atoms with Gasteiger partial charge >= 0.3 is 0 Å². The fraction of sp³-hybridized carbons (Fsp3) is 0.143. The van der Waals surface area contributed by atoms with E-state index in [9.17, 15) is 29.7 Å². The first-order valence-electron chi connectivity index (χ1n) is 6.59. The van der Waals surface area contributed by atoms with Gasteiger partial charge in [0.25, 0.3) is 11.4 Å². The monoisotopic (exact) mass is 355 g/mol. The molecule has 0 bridgehead atoms. The Morgan fingerprint density at radius 1 is 1.17 bits per heavy atom. The summed E-state index contributed by atoms with van der Waals surface area (Å²) in [7, 11) is 0. The molecule has 2 rings (SSSR count). The highest BCUT2D eigenvalue weighted by Gasteiger charge is 2.20. The van der Waals surface area contributed by atoms with Gasteiger partial charge in [0, 0.05) is 12.6 Å². The number of nitro groups is 2. The first-order valence-corrected chi connectivity index (χ1v) is 6.97. The van der Waals surface area contributed by atoms with Gasteiger partial charge in [-0.25, -0.2) is 4.39 Å². The van der Waals surface area contributed by atoms with Crippen LogP contribution in [0.1, 0.15) is 11.7 Å². The van der Waals surface area contributed by atoms with Crippen molar-refractivity contribution in [1.29, 1.82) is 0 Å². The maximum atomic E-state index is 13.4. The average Bonchev–Trinajstić information content (AvgIpc) is 2.54. The summed E-state index contributed by atoms with van der Waals surface area (Å²) in [6.07, 6.45) is -1.16. The normalized spacial score (nSPS) is 11.8. The highest BCUT2D eigenvalue weighted by atomic mass is 35.5. The number of nitrogens with one attached hydrogen (secondary N) is 1. The number of halogens is 2. The number of aliphatic hydroxyl groups excluding tert-OH is 1. The Morgan fingerprint density at radius 3 is 2.46 bits per heavy atom. The molecule has 1 unspecified atom stereocenters. The standard InChI is InChI=1S/C14H11ClFN3O5/c15-10-3-1-8(5-11(10)16)14(20)7-17-12-4-2-9(18(21)22)6-13(12)19(23)24/h1-6,14,17,20H,7H2. The zero-order chi connectivity index (χ0) is 17.9. The van der Waals surface area contributed by atoms with E-state index < -0.39 is 33.1 Å². The molecule has 10 heteroatoms. The van der Waals surface area contributed by atoms with Crippen LogP contribution in [-0.4, -0.2) is 21.5 Å². The fourth-order valence-corrected chi connectivity index (χ4v) is 2.10. The van der Waals surface area contributed by atoms with Crippen LogP contribution in [0.2, 0.25) is 5.02 Å². The smallest absolute Gasteiger partial charge is 0.299 e. The third-order valence-electron chi connectivity index (χ3n) is 3.20. The number of non-ortho nitro benzene ring substituents is 1. The van der Waals surface area contributed by atoms with Crippen LogP contribution in [0.5, 0.6) is 0 Å². The van der Waals surface area contributed by atoms with E-state index in [1.165, 1.54) is 18.2 Å². The SMILES string of the molecule is O=[N+]([O-])c1ccc(NCC(O)c2ccc(Cl)c(F)c2)c([N+](=O)[O-])c1. The van der Waals surface area contributed by atoms with E-state index in [2.05, 4.69) is 5.32 Å². The highest BCUT2D eigenvalue weighted by Crippen LogP contribution is 2.29. The maximum absolute atomic E-state index is 13.4. The molecule has 0 amide bonds. The molecule has 0 saturated carbocycles. The molecule has 0 fully saturated rings. The van der Waals surface area contributed by atoms with Gasteiger partial charge in [-0.15, -0.1) is 0 Å². The molecular weight excluding hydrogens is 345 g/mol. The average molecular weight is 356 g/mol. The summed E-state index contributed by atoms with van der Waals surface area (Å²) >= 11 is 5.55. The van der Waals surface area contributed by atoms with Gasteiger partial charge in [-0.2, -0.15) is 0 Å². The predicted molar refractivity (Wildman–Crippen MR) is 84.6 cm³/mol. The first-order chi connectivity index (χ1) is 11.3. The van der Waals surface area contributed by atoms with E-state index in [0.29, 0.717) is 0 Å². The molecular formula is C14H11ClFN3O5. The van der Waals surface area contributed by atoms with Crippen LogP contribution in [0, 0.1) is 26.0 Å². The van der Waals surface area contributed by atoms with E-state index in [1.54, 1.807) is 0 Å². The lowest BCUT2D eigenvalue weighted by Crippen LogP contribution is -2.13. The van der Waals surface area contributed by atoms with Gasteiger partial charge in [0.2, 0.25) is 0 Å². The maximum Gasteiger partial charge on any atom is 0.299 e. The summed E-state index contributed by atoms with van der Waals surface area (Å²) < 4.78 is 13.4. The number of nitro benzene ring substituents is 2. The summed E-state index contributed by atoms with van der Waals surface area (Å²) in [5, 5.41) is 34.2. The van der Waals surface area contributed by atoms with Gasteiger partial charge in [-0.1, -0.05) is 17.7 Å². The van der Waals surface area contributed by atoms with Gasteiger partial charge in [0.05, 0.1) is 27.0 Å². The molecule has 0 spiro atoms. The Morgan fingerprint density at radius 2 is 1.88 bits per heavy atom. The van der Waals surface area contributed by atoms with E-state index >= 15 is 0 Å². The van der Waals surface area contributed by atoms with Crippen molar-refractivity contribution in [2.24, 2.45) is 0 Å². The number of aliphatic hydroxyl groups is 1. The molecule has 24 heavy (non-hydrogen) atoms. The Kier molecular flexibility index (Phi) is 5.27. The molecule has 2 aromatic carbocycles. The second-order valence-corrected chi connectivity index (χ2v) is 5.19. The third kappa shape index (κ3) is 3.94. The van der Waals surface area contributed by atoms with Gasteiger partial charge in [0.1, 0.15) is 11.5 Å². The molecule has 2 N–H and O–H groups in total. The minimum absolute atomic E-state index is 0.000847. The molecule has 2 aromatic rings. The number of anilines is 1. The van der Waals surface area contributed by atoms with Gasteiger partial charge in [0.15, 0.2) is 0 Å². The molecule has 1 atom stereocenters.